The van der Waals surface area contributed by atoms with Crippen molar-refractivity contribution in [2.75, 3.05) is 32.9 Å². The van der Waals surface area contributed by atoms with Gasteiger partial charge in [0.2, 0.25) is 0 Å². The summed E-state index contributed by atoms with van der Waals surface area (Å²) >= 11 is 0. The van der Waals surface area contributed by atoms with Gasteiger partial charge in [-0.1, -0.05) is 36.4 Å². The number of aromatic nitrogens is 2. The van der Waals surface area contributed by atoms with Crippen LogP contribution in [0, 0.1) is 0 Å². The fourth-order valence-electron chi connectivity index (χ4n) is 3.77. The third-order valence-electron chi connectivity index (χ3n) is 5.52. The molecule has 1 aromatic heterocycles. The van der Waals surface area contributed by atoms with Crippen molar-refractivity contribution in [3.8, 4) is 0 Å². The van der Waals surface area contributed by atoms with E-state index in [0.717, 1.165) is 69.3 Å². The van der Waals surface area contributed by atoms with Gasteiger partial charge in [0.1, 0.15) is 0 Å². The summed E-state index contributed by atoms with van der Waals surface area (Å²) in [5.41, 5.74) is 4.62. The Bertz CT molecular complexity index is 993. The first-order chi connectivity index (χ1) is 15.8. The topological polar surface area (TPSA) is 72.7 Å². The number of para-hydroxylation sites is 2. The van der Waals surface area contributed by atoms with E-state index in [1.165, 1.54) is 11.1 Å². The van der Waals surface area contributed by atoms with Gasteiger partial charge in [-0.05, 0) is 43.0 Å². The van der Waals surface area contributed by atoms with Gasteiger partial charge >= 0.3 is 0 Å². The summed E-state index contributed by atoms with van der Waals surface area (Å²) in [7, 11) is 0. The predicted molar refractivity (Wildman–Crippen MR) is 128 cm³/mol. The lowest BCUT2D eigenvalue weighted by atomic mass is 10.1. The van der Waals surface area contributed by atoms with E-state index in [-0.39, 0.29) is 6.10 Å². The highest BCUT2D eigenvalue weighted by molar-refractivity contribution is 5.79. The minimum atomic E-state index is 0.271. The second-order valence-corrected chi connectivity index (χ2v) is 8.01. The summed E-state index contributed by atoms with van der Waals surface area (Å²) < 4.78 is 13.3. The Labute approximate surface area is 189 Å². The van der Waals surface area contributed by atoms with Crippen molar-refractivity contribution in [3.05, 3.63) is 66.0 Å². The van der Waals surface area contributed by atoms with Gasteiger partial charge < -0.3 is 24.7 Å². The molecule has 3 aromatic rings. The first kappa shape index (κ1) is 22.3. The predicted octanol–water partition coefficient (Wildman–Crippen LogP) is 3.34. The van der Waals surface area contributed by atoms with E-state index < -0.39 is 0 Å². The Morgan fingerprint density at radius 1 is 1.16 bits per heavy atom. The molecule has 2 N–H and O–H groups in total. The number of benzene rings is 2. The highest BCUT2D eigenvalue weighted by Gasteiger charge is 2.15. The lowest BCUT2D eigenvalue weighted by Crippen LogP contribution is -2.38. The minimum Gasteiger partial charge on any atom is -0.379 e. The van der Waals surface area contributed by atoms with Crippen LogP contribution in [0.1, 0.15) is 30.9 Å². The molecule has 170 valence electrons. The fraction of sp³-hybridized carbons (Fsp3) is 0.440. The number of hydrogen-bond acceptors (Lipinski definition) is 4. The van der Waals surface area contributed by atoms with Gasteiger partial charge in [-0.2, -0.15) is 0 Å². The average molecular weight is 436 g/mol. The van der Waals surface area contributed by atoms with Crippen LogP contribution in [0.3, 0.4) is 0 Å². The lowest BCUT2D eigenvalue weighted by molar-refractivity contribution is 0.0420. The first-order valence-corrected chi connectivity index (χ1v) is 11.5. The summed E-state index contributed by atoms with van der Waals surface area (Å²) in [5, 5.41) is 6.70. The van der Waals surface area contributed by atoms with Gasteiger partial charge in [-0.3, -0.25) is 0 Å². The number of rotatable bonds is 10. The summed E-state index contributed by atoms with van der Waals surface area (Å²) in [6.45, 7) is 7.49. The standard InChI is InChI=1S/C25H33N5O2/c1-2-26-25(27-13-5-14-32-22-12-15-31-18-22)28-16-20-8-10-21(11-9-20)17-30-19-29-23-6-3-4-7-24(23)30/h3-4,6-11,19,22H,2,5,12-18H2,1H3,(H2,26,27,28). The molecule has 0 bridgehead atoms. The van der Waals surface area contributed by atoms with Crippen molar-refractivity contribution < 1.29 is 9.47 Å². The molecule has 4 rings (SSSR count). The molecule has 1 saturated heterocycles. The SMILES string of the molecule is CCNC(=NCc1ccc(Cn2cnc3ccccc32)cc1)NCCCOC1CCOC1. The summed E-state index contributed by atoms with van der Waals surface area (Å²) in [4.78, 5) is 9.20. The Hall–Kier alpha value is -2.90. The number of aliphatic imine (C=N–C) groups is 1. The highest BCUT2D eigenvalue weighted by atomic mass is 16.5. The van der Waals surface area contributed by atoms with Gasteiger partial charge in [0.25, 0.3) is 0 Å². The largest absolute Gasteiger partial charge is 0.379 e. The number of imidazole rings is 1. The van der Waals surface area contributed by atoms with E-state index in [1.54, 1.807) is 0 Å². The van der Waals surface area contributed by atoms with E-state index in [2.05, 4.69) is 63.5 Å². The summed E-state index contributed by atoms with van der Waals surface area (Å²) in [6, 6.07) is 16.9. The van der Waals surface area contributed by atoms with Crippen LogP contribution in [0.25, 0.3) is 11.0 Å². The van der Waals surface area contributed by atoms with E-state index in [0.29, 0.717) is 6.54 Å². The molecule has 1 aliphatic rings. The van der Waals surface area contributed by atoms with Gasteiger partial charge in [0.15, 0.2) is 5.96 Å². The number of guanidine groups is 1. The maximum Gasteiger partial charge on any atom is 0.191 e. The zero-order chi connectivity index (χ0) is 22.0. The molecule has 7 nitrogen and oxygen atoms in total. The van der Waals surface area contributed by atoms with Crippen molar-refractivity contribution in [2.24, 2.45) is 4.99 Å². The molecule has 32 heavy (non-hydrogen) atoms. The second kappa shape index (κ2) is 11.6. The molecule has 7 heteroatoms. The molecule has 2 heterocycles. The third-order valence-corrected chi connectivity index (χ3v) is 5.52. The maximum atomic E-state index is 5.82. The minimum absolute atomic E-state index is 0.271. The quantitative estimate of drug-likeness (QED) is 0.290. The van der Waals surface area contributed by atoms with E-state index in [9.17, 15) is 0 Å². The van der Waals surface area contributed by atoms with Crippen LogP contribution in [0.15, 0.2) is 59.9 Å². The van der Waals surface area contributed by atoms with E-state index >= 15 is 0 Å². The molecular formula is C25H33N5O2. The van der Waals surface area contributed by atoms with Crippen LogP contribution < -0.4 is 10.6 Å². The van der Waals surface area contributed by atoms with Crippen molar-refractivity contribution in [1.82, 2.24) is 20.2 Å². The number of nitrogens with zero attached hydrogens (tertiary/aromatic N) is 3. The van der Waals surface area contributed by atoms with Gasteiger partial charge in [0, 0.05) is 32.8 Å². The smallest absolute Gasteiger partial charge is 0.191 e. The van der Waals surface area contributed by atoms with Crippen LogP contribution >= 0.6 is 0 Å². The lowest BCUT2D eigenvalue weighted by Gasteiger charge is -2.13. The van der Waals surface area contributed by atoms with Crippen LogP contribution in [0.5, 0.6) is 0 Å². The number of nitrogens with one attached hydrogen (secondary N) is 2. The number of fused-ring (bicyclic) bond motifs is 1. The molecule has 0 spiro atoms. The Balaban J connectivity index is 1.25. The monoisotopic (exact) mass is 435 g/mol. The molecule has 1 atom stereocenters. The van der Waals surface area contributed by atoms with Crippen molar-refractivity contribution in [2.45, 2.75) is 39.0 Å². The van der Waals surface area contributed by atoms with Crippen LogP contribution in [-0.4, -0.2) is 54.5 Å². The first-order valence-electron chi connectivity index (χ1n) is 11.5. The maximum absolute atomic E-state index is 5.82. The van der Waals surface area contributed by atoms with Crippen LogP contribution in [-0.2, 0) is 22.6 Å². The zero-order valence-corrected chi connectivity index (χ0v) is 18.8. The zero-order valence-electron chi connectivity index (χ0n) is 18.8. The highest BCUT2D eigenvalue weighted by Crippen LogP contribution is 2.15. The summed E-state index contributed by atoms with van der Waals surface area (Å²) in [6.07, 6.45) is 4.13. The van der Waals surface area contributed by atoms with Crippen LogP contribution in [0.4, 0.5) is 0 Å². The molecular weight excluding hydrogens is 402 g/mol. The fourth-order valence-corrected chi connectivity index (χ4v) is 3.77. The van der Waals surface area contributed by atoms with Crippen molar-refractivity contribution in [3.63, 3.8) is 0 Å². The van der Waals surface area contributed by atoms with Crippen molar-refractivity contribution in [1.29, 1.82) is 0 Å². The van der Waals surface area contributed by atoms with Gasteiger partial charge in [-0.15, -0.1) is 0 Å². The third kappa shape index (κ3) is 6.31. The molecule has 1 aliphatic heterocycles. The molecule has 0 radical (unpaired) electrons. The van der Waals surface area contributed by atoms with Gasteiger partial charge in [-0.25, -0.2) is 9.98 Å². The number of ether oxygens (including phenoxy) is 2. The van der Waals surface area contributed by atoms with Crippen molar-refractivity contribution >= 4 is 17.0 Å². The Morgan fingerprint density at radius 2 is 2.00 bits per heavy atom. The average Bonchev–Trinajstić information content (AvgIpc) is 3.48. The molecule has 1 fully saturated rings. The summed E-state index contributed by atoms with van der Waals surface area (Å²) in [5.74, 6) is 0.839. The Kier molecular flexibility index (Phi) is 8.11. The molecule has 0 amide bonds. The van der Waals surface area contributed by atoms with Gasteiger partial charge in [0.05, 0.1) is 36.6 Å². The van der Waals surface area contributed by atoms with Crippen LogP contribution in [0.2, 0.25) is 0 Å². The van der Waals surface area contributed by atoms with E-state index in [4.69, 9.17) is 14.5 Å². The normalized spacial score (nSPS) is 16.5. The second-order valence-electron chi connectivity index (χ2n) is 8.01. The molecule has 0 saturated carbocycles. The van der Waals surface area contributed by atoms with E-state index in [1.807, 2.05) is 18.5 Å². The number of hydrogen-bond donors (Lipinski definition) is 2. The molecule has 1 unspecified atom stereocenters. The molecule has 0 aliphatic carbocycles. The Morgan fingerprint density at radius 3 is 2.81 bits per heavy atom. The molecule has 2 aromatic carbocycles.